The average Bonchev–Trinajstić information content (AvgIpc) is 2.70. The summed E-state index contributed by atoms with van der Waals surface area (Å²) in [5.74, 6) is -0.890. The zero-order valence-corrected chi connectivity index (χ0v) is 12.0. The van der Waals surface area contributed by atoms with Gasteiger partial charge in [-0.05, 0) is 37.8 Å². The lowest BCUT2D eigenvalue weighted by Crippen LogP contribution is -2.05. The molecule has 0 radical (unpaired) electrons. The van der Waals surface area contributed by atoms with Gasteiger partial charge in [-0.2, -0.15) is 0 Å². The van der Waals surface area contributed by atoms with Crippen LogP contribution in [0.4, 0.5) is 0 Å². The number of hydrogen-bond donors (Lipinski definition) is 2. The highest BCUT2D eigenvalue weighted by Gasteiger charge is 2.18. The summed E-state index contributed by atoms with van der Waals surface area (Å²) in [5, 5.41) is 19.4. The molecule has 1 aromatic carbocycles. The molecule has 0 fully saturated rings. The molecule has 2 aromatic rings. The van der Waals surface area contributed by atoms with Crippen molar-refractivity contribution in [2.75, 3.05) is 6.61 Å². The Balaban J connectivity index is 2.72. The Kier molecular flexibility index (Phi) is 4.45. The van der Waals surface area contributed by atoms with E-state index < -0.39 is 5.97 Å². The van der Waals surface area contributed by atoms with Gasteiger partial charge in [-0.1, -0.05) is 19.1 Å². The maximum atomic E-state index is 11.5. The number of aliphatic hydroxyl groups is 1. The number of aryl methyl sites for hydroxylation is 2. The molecule has 2 N–H and O–H groups in total. The van der Waals surface area contributed by atoms with Crippen LogP contribution in [0.25, 0.3) is 10.9 Å². The molecule has 0 unspecified atom stereocenters. The van der Waals surface area contributed by atoms with E-state index >= 15 is 0 Å². The number of carboxylic acid groups (broad SMARTS) is 1. The third-order valence-corrected chi connectivity index (χ3v) is 3.74. The van der Waals surface area contributed by atoms with Gasteiger partial charge in [0.05, 0.1) is 11.1 Å². The van der Waals surface area contributed by atoms with Crippen molar-refractivity contribution in [1.82, 2.24) is 4.57 Å². The molecule has 0 aliphatic carbocycles. The van der Waals surface area contributed by atoms with E-state index in [1.54, 1.807) is 12.1 Å². The molecular weight excluding hydrogens is 254 g/mol. The van der Waals surface area contributed by atoms with Gasteiger partial charge >= 0.3 is 5.97 Å². The Labute approximate surface area is 118 Å². The van der Waals surface area contributed by atoms with Crippen molar-refractivity contribution in [3.8, 4) is 0 Å². The zero-order chi connectivity index (χ0) is 14.7. The van der Waals surface area contributed by atoms with Crippen molar-refractivity contribution < 1.29 is 15.0 Å². The van der Waals surface area contributed by atoms with Crippen LogP contribution >= 0.6 is 0 Å². The van der Waals surface area contributed by atoms with E-state index in [0.717, 1.165) is 41.5 Å². The molecule has 4 nitrogen and oxygen atoms in total. The molecule has 20 heavy (non-hydrogen) atoms. The predicted octanol–water partition coefficient (Wildman–Crippen LogP) is 2.98. The van der Waals surface area contributed by atoms with E-state index in [9.17, 15) is 9.90 Å². The summed E-state index contributed by atoms with van der Waals surface area (Å²) in [5.41, 5.74) is 3.44. The molecule has 0 bridgehead atoms. The molecule has 0 saturated heterocycles. The minimum Gasteiger partial charge on any atom is -0.478 e. The van der Waals surface area contributed by atoms with Crippen molar-refractivity contribution in [1.29, 1.82) is 0 Å². The summed E-state index contributed by atoms with van der Waals surface area (Å²) >= 11 is 0. The topological polar surface area (TPSA) is 62.5 Å². The molecule has 0 atom stereocenters. The van der Waals surface area contributed by atoms with Gasteiger partial charge in [0.25, 0.3) is 0 Å². The van der Waals surface area contributed by atoms with E-state index in [2.05, 4.69) is 11.5 Å². The number of para-hydroxylation sites is 1. The van der Waals surface area contributed by atoms with Crippen LogP contribution in [-0.4, -0.2) is 27.4 Å². The van der Waals surface area contributed by atoms with Gasteiger partial charge in [-0.25, -0.2) is 4.79 Å². The summed E-state index contributed by atoms with van der Waals surface area (Å²) in [7, 11) is 0. The molecule has 1 heterocycles. The minimum atomic E-state index is -0.890. The smallest absolute Gasteiger partial charge is 0.337 e. The van der Waals surface area contributed by atoms with Crippen LogP contribution in [-0.2, 0) is 13.0 Å². The fourth-order valence-electron chi connectivity index (χ4n) is 2.85. The number of carboxylic acids is 1. The van der Waals surface area contributed by atoms with Crippen molar-refractivity contribution >= 4 is 16.9 Å². The summed E-state index contributed by atoms with van der Waals surface area (Å²) in [6, 6.07) is 5.43. The Morgan fingerprint density at radius 2 is 2.10 bits per heavy atom. The van der Waals surface area contributed by atoms with Crippen LogP contribution in [0.1, 0.15) is 41.4 Å². The third-order valence-electron chi connectivity index (χ3n) is 3.74. The predicted molar refractivity (Wildman–Crippen MR) is 79.3 cm³/mol. The lowest BCUT2D eigenvalue weighted by Gasteiger charge is -2.08. The highest BCUT2D eigenvalue weighted by molar-refractivity contribution is 6.03. The second kappa shape index (κ2) is 6.09. The molecule has 0 aliphatic rings. The molecular formula is C16H21NO3. The van der Waals surface area contributed by atoms with E-state index in [1.165, 1.54) is 0 Å². The Hall–Kier alpha value is -1.81. The van der Waals surface area contributed by atoms with Gasteiger partial charge in [0.1, 0.15) is 0 Å². The van der Waals surface area contributed by atoms with Gasteiger partial charge in [0, 0.05) is 24.2 Å². The maximum Gasteiger partial charge on any atom is 0.337 e. The molecule has 1 aromatic heterocycles. The third kappa shape index (κ3) is 2.43. The standard InChI is InChI=1S/C16H21NO3/c1-3-9-17-11(2)12(8-5-10-18)13-6-4-7-14(15(13)17)16(19)20/h4,6-7,18H,3,5,8-10H2,1-2H3,(H,19,20). The summed E-state index contributed by atoms with van der Waals surface area (Å²) in [4.78, 5) is 11.5. The maximum absolute atomic E-state index is 11.5. The lowest BCUT2D eigenvalue weighted by atomic mass is 10.0. The first kappa shape index (κ1) is 14.6. The van der Waals surface area contributed by atoms with E-state index in [0.29, 0.717) is 12.0 Å². The van der Waals surface area contributed by atoms with Crippen LogP contribution in [0, 0.1) is 6.92 Å². The molecule has 4 heteroatoms. The number of hydrogen-bond acceptors (Lipinski definition) is 2. The first-order chi connectivity index (χ1) is 9.61. The molecule has 0 amide bonds. The number of aromatic carboxylic acids is 1. The van der Waals surface area contributed by atoms with Gasteiger partial charge in [-0.15, -0.1) is 0 Å². The number of nitrogens with zero attached hydrogens (tertiary/aromatic N) is 1. The Morgan fingerprint density at radius 1 is 1.35 bits per heavy atom. The second-order valence-corrected chi connectivity index (χ2v) is 5.05. The number of aromatic nitrogens is 1. The summed E-state index contributed by atoms with van der Waals surface area (Å²) < 4.78 is 2.10. The average molecular weight is 275 g/mol. The zero-order valence-electron chi connectivity index (χ0n) is 12.0. The van der Waals surface area contributed by atoms with Gasteiger partial charge in [0.2, 0.25) is 0 Å². The monoisotopic (exact) mass is 275 g/mol. The number of benzene rings is 1. The van der Waals surface area contributed by atoms with Gasteiger partial charge < -0.3 is 14.8 Å². The van der Waals surface area contributed by atoms with Crippen LogP contribution in [0.15, 0.2) is 18.2 Å². The molecule has 0 saturated carbocycles. The van der Waals surface area contributed by atoms with Crippen molar-refractivity contribution in [3.63, 3.8) is 0 Å². The summed E-state index contributed by atoms with van der Waals surface area (Å²) in [6.07, 6.45) is 2.43. The first-order valence-corrected chi connectivity index (χ1v) is 7.06. The van der Waals surface area contributed by atoms with Gasteiger partial charge in [0.15, 0.2) is 0 Å². The van der Waals surface area contributed by atoms with E-state index in [4.69, 9.17) is 5.11 Å². The Bertz CT molecular complexity index is 628. The first-order valence-electron chi connectivity index (χ1n) is 7.06. The molecule has 2 rings (SSSR count). The second-order valence-electron chi connectivity index (χ2n) is 5.05. The fraction of sp³-hybridized carbons (Fsp3) is 0.438. The largest absolute Gasteiger partial charge is 0.478 e. The number of fused-ring (bicyclic) bond motifs is 1. The van der Waals surface area contributed by atoms with Crippen LogP contribution < -0.4 is 0 Å². The SMILES string of the molecule is CCCn1c(C)c(CCCO)c2cccc(C(=O)O)c21. The van der Waals surface area contributed by atoms with Crippen LogP contribution in [0.5, 0.6) is 0 Å². The Morgan fingerprint density at radius 3 is 2.70 bits per heavy atom. The highest BCUT2D eigenvalue weighted by atomic mass is 16.4. The van der Waals surface area contributed by atoms with Crippen molar-refractivity contribution in [2.24, 2.45) is 0 Å². The normalized spacial score (nSPS) is 11.2. The van der Waals surface area contributed by atoms with E-state index in [-0.39, 0.29) is 6.61 Å². The van der Waals surface area contributed by atoms with Crippen LogP contribution in [0.3, 0.4) is 0 Å². The quantitative estimate of drug-likeness (QED) is 0.852. The summed E-state index contributed by atoms with van der Waals surface area (Å²) in [6.45, 7) is 5.08. The van der Waals surface area contributed by atoms with E-state index in [1.807, 2.05) is 13.0 Å². The number of aliphatic hydroxyl groups excluding tert-OH is 1. The molecule has 0 aliphatic heterocycles. The van der Waals surface area contributed by atoms with Crippen molar-refractivity contribution in [3.05, 3.63) is 35.0 Å². The molecule has 0 spiro atoms. The lowest BCUT2D eigenvalue weighted by molar-refractivity contribution is 0.0698. The number of rotatable bonds is 6. The highest BCUT2D eigenvalue weighted by Crippen LogP contribution is 2.30. The number of carbonyl (C=O) groups is 1. The fourth-order valence-corrected chi connectivity index (χ4v) is 2.85. The van der Waals surface area contributed by atoms with Crippen LogP contribution in [0.2, 0.25) is 0 Å². The van der Waals surface area contributed by atoms with Gasteiger partial charge in [-0.3, -0.25) is 0 Å². The molecule has 108 valence electrons. The minimum absolute atomic E-state index is 0.151. The van der Waals surface area contributed by atoms with Crippen molar-refractivity contribution in [2.45, 2.75) is 39.7 Å².